The summed E-state index contributed by atoms with van der Waals surface area (Å²) in [5, 5.41) is 3.83. The Labute approximate surface area is 169 Å². The third kappa shape index (κ3) is 3.97. The number of rotatable bonds is 6. The topological polar surface area (TPSA) is 64.0 Å². The molecule has 2 aromatic carbocycles. The highest BCUT2D eigenvalue weighted by Crippen LogP contribution is 2.26. The second-order valence-corrected chi connectivity index (χ2v) is 7.98. The average Bonchev–Trinajstić information content (AvgIpc) is 2.69. The third-order valence-electron chi connectivity index (χ3n) is 4.78. The minimum absolute atomic E-state index is 0.0737. The number of aromatic nitrogens is 2. The van der Waals surface area contributed by atoms with Gasteiger partial charge in [-0.25, -0.2) is 4.98 Å². The van der Waals surface area contributed by atoms with Crippen LogP contribution in [0.5, 0.6) is 0 Å². The van der Waals surface area contributed by atoms with Crippen LogP contribution in [0.3, 0.4) is 0 Å². The van der Waals surface area contributed by atoms with Crippen LogP contribution in [0.4, 0.5) is 5.69 Å². The fraction of sp³-hybridized carbons (Fsp3) is 0.318. The van der Waals surface area contributed by atoms with Crippen LogP contribution in [-0.2, 0) is 17.8 Å². The van der Waals surface area contributed by atoms with Gasteiger partial charge in [0.15, 0.2) is 5.16 Å². The number of aryl methyl sites for hydroxylation is 2. The molecule has 3 rings (SSSR count). The van der Waals surface area contributed by atoms with Crippen LogP contribution in [0.15, 0.2) is 52.4 Å². The van der Waals surface area contributed by atoms with E-state index in [1.807, 2.05) is 57.2 Å². The number of anilines is 1. The van der Waals surface area contributed by atoms with Gasteiger partial charge < -0.3 is 5.32 Å². The normalized spacial score (nSPS) is 12.1. The maximum absolute atomic E-state index is 12.8. The van der Waals surface area contributed by atoms with Crippen LogP contribution >= 0.6 is 11.8 Å². The van der Waals surface area contributed by atoms with E-state index in [1.54, 1.807) is 10.6 Å². The molecule has 28 heavy (non-hydrogen) atoms. The highest BCUT2D eigenvalue weighted by molar-refractivity contribution is 8.00. The maximum Gasteiger partial charge on any atom is 0.262 e. The molecule has 6 heteroatoms. The molecule has 1 atom stereocenters. The van der Waals surface area contributed by atoms with Crippen molar-refractivity contribution >= 4 is 34.3 Å². The van der Waals surface area contributed by atoms with E-state index in [0.717, 1.165) is 23.2 Å². The smallest absolute Gasteiger partial charge is 0.262 e. The molecule has 0 saturated carbocycles. The number of carbonyl (C=O) groups is 1. The van der Waals surface area contributed by atoms with Crippen LogP contribution in [0.2, 0.25) is 0 Å². The molecule has 0 spiro atoms. The minimum atomic E-state index is -0.393. The van der Waals surface area contributed by atoms with Crippen LogP contribution in [-0.4, -0.2) is 20.7 Å². The van der Waals surface area contributed by atoms with Crippen molar-refractivity contribution < 1.29 is 4.79 Å². The Morgan fingerprint density at radius 2 is 1.93 bits per heavy atom. The summed E-state index contributed by atoms with van der Waals surface area (Å²) in [6.07, 6.45) is 0.848. The van der Waals surface area contributed by atoms with E-state index in [-0.39, 0.29) is 11.5 Å². The van der Waals surface area contributed by atoms with Gasteiger partial charge >= 0.3 is 0 Å². The minimum Gasteiger partial charge on any atom is -0.325 e. The number of hydrogen-bond acceptors (Lipinski definition) is 4. The summed E-state index contributed by atoms with van der Waals surface area (Å²) < 4.78 is 1.63. The first-order valence-corrected chi connectivity index (χ1v) is 10.4. The number of para-hydroxylation sites is 2. The van der Waals surface area contributed by atoms with Crippen molar-refractivity contribution in [1.82, 2.24) is 9.55 Å². The van der Waals surface area contributed by atoms with Crippen molar-refractivity contribution in [3.05, 3.63) is 63.9 Å². The van der Waals surface area contributed by atoms with E-state index in [1.165, 1.54) is 11.8 Å². The molecule has 0 saturated heterocycles. The Bertz CT molecular complexity index is 1080. The molecule has 1 amide bonds. The molecular weight excluding hydrogens is 370 g/mol. The second-order valence-electron chi connectivity index (χ2n) is 6.67. The van der Waals surface area contributed by atoms with Crippen LogP contribution < -0.4 is 10.9 Å². The summed E-state index contributed by atoms with van der Waals surface area (Å²) >= 11 is 1.31. The van der Waals surface area contributed by atoms with Crippen molar-refractivity contribution in [2.45, 2.75) is 51.1 Å². The number of amides is 1. The van der Waals surface area contributed by atoms with Gasteiger partial charge in [-0.2, -0.15) is 0 Å². The van der Waals surface area contributed by atoms with E-state index in [2.05, 4.69) is 17.2 Å². The van der Waals surface area contributed by atoms with Crippen LogP contribution in [0, 0.1) is 6.92 Å². The highest BCUT2D eigenvalue weighted by atomic mass is 32.2. The quantitative estimate of drug-likeness (QED) is 0.496. The summed E-state index contributed by atoms with van der Waals surface area (Å²) in [4.78, 5) is 30.2. The summed E-state index contributed by atoms with van der Waals surface area (Å²) in [5.41, 5.74) is 3.61. The Balaban J connectivity index is 1.88. The molecule has 146 valence electrons. The van der Waals surface area contributed by atoms with E-state index in [9.17, 15) is 9.59 Å². The van der Waals surface area contributed by atoms with Gasteiger partial charge in [0.25, 0.3) is 5.56 Å². The van der Waals surface area contributed by atoms with Crippen molar-refractivity contribution in [3.63, 3.8) is 0 Å². The zero-order valence-corrected chi connectivity index (χ0v) is 17.5. The standard InChI is InChI=1S/C22H25N3O2S/c1-5-16-11-9-10-14(3)19(16)24-20(26)15(4)28-22-23-18-13-8-7-12-17(18)21(27)25(22)6-2/h7-13,15H,5-6H2,1-4H3,(H,24,26). The predicted octanol–water partition coefficient (Wildman–Crippen LogP) is 4.41. The third-order valence-corrected chi connectivity index (χ3v) is 5.87. The van der Waals surface area contributed by atoms with Crippen LogP contribution in [0.25, 0.3) is 10.9 Å². The molecule has 1 aromatic heterocycles. The summed E-state index contributed by atoms with van der Waals surface area (Å²) in [6.45, 7) is 8.32. The monoisotopic (exact) mass is 395 g/mol. The van der Waals surface area contributed by atoms with Crippen molar-refractivity contribution in [1.29, 1.82) is 0 Å². The summed E-state index contributed by atoms with van der Waals surface area (Å²) in [6, 6.07) is 13.3. The lowest BCUT2D eigenvalue weighted by atomic mass is 10.1. The molecular formula is C22H25N3O2S. The largest absolute Gasteiger partial charge is 0.325 e. The van der Waals surface area contributed by atoms with Gasteiger partial charge in [0.1, 0.15) is 0 Å². The molecule has 5 nitrogen and oxygen atoms in total. The van der Waals surface area contributed by atoms with E-state index in [4.69, 9.17) is 0 Å². The Hall–Kier alpha value is -2.60. The Kier molecular flexibility index (Phi) is 6.19. The molecule has 1 unspecified atom stereocenters. The highest BCUT2D eigenvalue weighted by Gasteiger charge is 2.20. The molecule has 0 aliphatic carbocycles. The lowest BCUT2D eigenvalue weighted by Crippen LogP contribution is -2.27. The van der Waals surface area contributed by atoms with Gasteiger partial charge in [-0.3, -0.25) is 14.2 Å². The molecule has 0 bridgehead atoms. The number of nitrogens with one attached hydrogen (secondary N) is 1. The number of carbonyl (C=O) groups excluding carboxylic acids is 1. The number of nitrogens with zero attached hydrogens (tertiary/aromatic N) is 2. The zero-order valence-electron chi connectivity index (χ0n) is 16.7. The molecule has 3 aromatic rings. The first kappa shape index (κ1) is 20.1. The lowest BCUT2D eigenvalue weighted by molar-refractivity contribution is -0.115. The fourth-order valence-corrected chi connectivity index (χ4v) is 4.13. The van der Waals surface area contributed by atoms with Crippen molar-refractivity contribution in [2.75, 3.05) is 5.32 Å². The van der Waals surface area contributed by atoms with Gasteiger partial charge in [0.05, 0.1) is 16.2 Å². The lowest BCUT2D eigenvalue weighted by Gasteiger charge is -2.17. The van der Waals surface area contributed by atoms with Crippen molar-refractivity contribution in [2.24, 2.45) is 0 Å². The number of thioether (sulfide) groups is 1. The van der Waals surface area contributed by atoms with Gasteiger partial charge in [0.2, 0.25) is 5.91 Å². The van der Waals surface area contributed by atoms with Gasteiger partial charge in [0, 0.05) is 12.2 Å². The predicted molar refractivity (Wildman–Crippen MR) is 116 cm³/mol. The SMILES string of the molecule is CCc1cccc(C)c1NC(=O)C(C)Sc1nc2ccccc2c(=O)n1CC. The van der Waals surface area contributed by atoms with E-state index >= 15 is 0 Å². The Morgan fingerprint density at radius 1 is 1.18 bits per heavy atom. The molecule has 0 fully saturated rings. The summed E-state index contributed by atoms with van der Waals surface area (Å²) in [7, 11) is 0. The first-order valence-electron chi connectivity index (χ1n) is 9.51. The summed E-state index contributed by atoms with van der Waals surface area (Å²) in [5.74, 6) is -0.0981. The fourth-order valence-electron chi connectivity index (χ4n) is 3.15. The van der Waals surface area contributed by atoms with E-state index in [0.29, 0.717) is 22.6 Å². The van der Waals surface area contributed by atoms with Gasteiger partial charge in [-0.1, -0.05) is 49.0 Å². The number of hydrogen-bond donors (Lipinski definition) is 1. The number of fused-ring (bicyclic) bond motifs is 1. The van der Waals surface area contributed by atoms with Crippen molar-refractivity contribution in [3.8, 4) is 0 Å². The molecule has 0 aliphatic heterocycles. The number of benzene rings is 2. The molecule has 1 heterocycles. The van der Waals surface area contributed by atoms with Gasteiger partial charge in [-0.15, -0.1) is 0 Å². The van der Waals surface area contributed by atoms with Gasteiger partial charge in [-0.05, 0) is 50.5 Å². The van der Waals surface area contributed by atoms with E-state index < -0.39 is 5.25 Å². The maximum atomic E-state index is 12.8. The Morgan fingerprint density at radius 3 is 2.64 bits per heavy atom. The molecule has 0 aliphatic rings. The zero-order chi connectivity index (χ0) is 20.3. The van der Waals surface area contributed by atoms with Crippen LogP contribution in [0.1, 0.15) is 31.9 Å². The molecule has 1 N–H and O–H groups in total. The second kappa shape index (κ2) is 8.61. The molecule has 0 radical (unpaired) electrons. The average molecular weight is 396 g/mol. The first-order chi connectivity index (χ1) is 13.5.